The average Bonchev–Trinajstić information content (AvgIpc) is 2.88. The SMILES string of the molecule is CC(C)Oc1ncccc1CNCc1cncn1C(C)C. The summed E-state index contributed by atoms with van der Waals surface area (Å²) in [6, 6.07) is 4.39. The van der Waals surface area contributed by atoms with E-state index in [-0.39, 0.29) is 6.10 Å². The van der Waals surface area contributed by atoms with E-state index in [0.29, 0.717) is 11.9 Å². The van der Waals surface area contributed by atoms with Crippen LogP contribution in [-0.2, 0) is 13.1 Å². The number of hydrogen-bond donors (Lipinski definition) is 1. The maximum absolute atomic E-state index is 5.73. The Morgan fingerprint density at radius 1 is 1.24 bits per heavy atom. The molecule has 0 unspecified atom stereocenters. The summed E-state index contributed by atoms with van der Waals surface area (Å²) in [6.45, 7) is 9.81. The molecule has 2 aromatic heterocycles. The summed E-state index contributed by atoms with van der Waals surface area (Å²) in [5.41, 5.74) is 2.25. The number of rotatable bonds is 7. The number of nitrogens with zero attached hydrogens (tertiary/aromatic N) is 3. The number of nitrogens with one attached hydrogen (secondary N) is 1. The van der Waals surface area contributed by atoms with Crippen molar-refractivity contribution in [1.29, 1.82) is 0 Å². The van der Waals surface area contributed by atoms with E-state index in [1.54, 1.807) is 6.20 Å². The number of hydrogen-bond acceptors (Lipinski definition) is 4. The molecular formula is C16H24N4O. The molecule has 21 heavy (non-hydrogen) atoms. The second kappa shape index (κ2) is 7.22. The number of pyridine rings is 1. The predicted molar refractivity (Wildman–Crippen MR) is 83.2 cm³/mol. The fraction of sp³-hybridized carbons (Fsp3) is 0.500. The number of aromatic nitrogens is 3. The topological polar surface area (TPSA) is 52.0 Å². The van der Waals surface area contributed by atoms with Crippen molar-refractivity contribution in [3.63, 3.8) is 0 Å². The van der Waals surface area contributed by atoms with Crippen LogP contribution in [0.15, 0.2) is 30.9 Å². The predicted octanol–water partition coefficient (Wildman–Crippen LogP) is 2.94. The number of ether oxygens (including phenoxy) is 1. The highest BCUT2D eigenvalue weighted by Gasteiger charge is 2.08. The van der Waals surface area contributed by atoms with Gasteiger partial charge in [-0.05, 0) is 33.8 Å². The van der Waals surface area contributed by atoms with Gasteiger partial charge in [-0.1, -0.05) is 6.07 Å². The Balaban J connectivity index is 1.96. The molecule has 5 nitrogen and oxygen atoms in total. The second-order valence-corrected chi connectivity index (χ2v) is 5.62. The van der Waals surface area contributed by atoms with E-state index in [4.69, 9.17) is 4.74 Å². The standard InChI is InChI=1S/C16H24N4O/c1-12(2)20-11-18-10-15(20)9-17-8-14-6-5-7-19-16(14)21-13(3)4/h5-7,10-13,17H,8-9H2,1-4H3. The molecule has 5 heteroatoms. The zero-order chi connectivity index (χ0) is 15.2. The highest BCUT2D eigenvalue weighted by molar-refractivity contribution is 5.25. The Morgan fingerprint density at radius 3 is 2.76 bits per heavy atom. The minimum atomic E-state index is 0.126. The van der Waals surface area contributed by atoms with Crippen molar-refractivity contribution in [2.75, 3.05) is 0 Å². The fourth-order valence-corrected chi connectivity index (χ4v) is 2.15. The monoisotopic (exact) mass is 288 g/mol. The smallest absolute Gasteiger partial charge is 0.218 e. The molecule has 0 aliphatic rings. The summed E-state index contributed by atoms with van der Waals surface area (Å²) < 4.78 is 7.89. The van der Waals surface area contributed by atoms with Gasteiger partial charge in [-0.2, -0.15) is 0 Å². The van der Waals surface area contributed by atoms with Gasteiger partial charge >= 0.3 is 0 Å². The van der Waals surface area contributed by atoms with Crippen LogP contribution in [0.25, 0.3) is 0 Å². The van der Waals surface area contributed by atoms with Gasteiger partial charge in [-0.25, -0.2) is 9.97 Å². The van der Waals surface area contributed by atoms with Crippen LogP contribution in [0.4, 0.5) is 0 Å². The van der Waals surface area contributed by atoms with Crippen LogP contribution < -0.4 is 10.1 Å². The normalized spacial score (nSPS) is 11.3. The summed E-state index contributed by atoms with van der Waals surface area (Å²) in [5, 5.41) is 3.43. The Kier molecular flexibility index (Phi) is 5.33. The quantitative estimate of drug-likeness (QED) is 0.851. The van der Waals surface area contributed by atoms with E-state index in [0.717, 1.165) is 18.7 Å². The van der Waals surface area contributed by atoms with Crippen molar-refractivity contribution in [1.82, 2.24) is 19.9 Å². The van der Waals surface area contributed by atoms with E-state index in [1.165, 1.54) is 5.69 Å². The summed E-state index contributed by atoms with van der Waals surface area (Å²) >= 11 is 0. The lowest BCUT2D eigenvalue weighted by atomic mass is 10.2. The van der Waals surface area contributed by atoms with Crippen LogP contribution in [0.1, 0.15) is 45.0 Å². The van der Waals surface area contributed by atoms with E-state index < -0.39 is 0 Å². The first-order valence-corrected chi connectivity index (χ1v) is 7.40. The third-order valence-corrected chi connectivity index (χ3v) is 3.12. The Hall–Kier alpha value is -1.88. The van der Waals surface area contributed by atoms with Crippen molar-refractivity contribution >= 4 is 0 Å². The summed E-state index contributed by atoms with van der Waals surface area (Å²) in [7, 11) is 0. The van der Waals surface area contributed by atoms with Crippen molar-refractivity contribution in [2.24, 2.45) is 0 Å². The summed E-state index contributed by atoms with van der Waals surface area (Å²) in [6.07, 6.45) is 5.66. The van der Waals surface area contributed by atoms with Crippen molar-refractivity contribution in [2.45, 2.75) is 52.9 Å². The maximum atomic E-state index is 5.73. The van der Waals surface area contributed by atoms with E-state index in [9.17, 15) is 0 Å². The fourth-order valence-electron chi connectivity index (χ4n) is 2.15. The number of imidazole rings is 1. The minimum absolute atomic E-state index is 0.126. The molecule has 0 aromatic carbocycles. The summed E-state index contributed by atoms with van der Waals surface area (Å²) in [5.74, 6) is 0.706. The zero-order valence-corrected chi connectivity index (χ0v) is 13.2. The lowest BCUT2D eigenvalue weighted by molar-refractivity contribution is 0.229. The second-order valence-electron chi connectivity index (χ2n) is 5.62. The molecule has 0 bridgehead atoms. The average molecular weight is 288 g/mol. The first-order valence-electron chi connectivity index (χ1n) is 7.40. The van der Waals surface area contributed by atoms with Gasteiger partial charge in [0, 0.05) is 37.1 Å². The minimum Gasteiger partial charge on any atom is -0.475 e. The van der Waals surface area contributed by atoms with Gasteiger partial charge in [0.05, 0.1) is 18.1 Å². The molecule has 114 valence electrons. The third-order valence-electron chi connectivity index (χ3n) is 3.12. The van der Waals surface area contributed by atoms with Gasteiger partial charge in [-0.15, -0.1) is 0 Å². The van der Waals surface area contributed by atoms with Crippen molar-refractivity contribution in [3.8, 4) is 5.88 Å². The molecule has 2 rings (SSSR count). The molecule has 2 aromatic rings. The first-order chi connectivity index (χ1) is 10.1. The van der Waals surface area contributed by atoms with E-state index in [2.05, 4.69) is 33.7 Å². The van der Waals surface area contributed by atoms with Crippen LogP contribution in [0.2, 0.25) is 0 Å². The molecule has 0 saturated carbocycles. The molecule has 0 aliphatic heterocycles. The Labute approximate surface area is 126 Å². The lowest BCUT2D eigenvalue weighted by Gasteiger charge is -2.14. The molecule has 0 radical (unpaired) electrons. The molecule has 0 fully saturated rings. The van der Waals surface area contributed by atoms with Crippen molar-refractivity contribution in [3.05, 3.63) is 42.1 Å². The highest BCUT2D eigenvalue weighted by Crippen LogP contribution is 2.16. The molecule has 0 amide bonds. The van der Waals surface area contributed by atoms with Crippen LogP contribution in [0, 0.1) is 0 Å². The third kappa shape index (κ3) is 4.29. The summed E-state index contributed by atoms with van der Waals surface area (Å²) in [4.78, 5) is 8.51. The van der Waals surface area contributed by atoms with Gasteiger partial charge in [0.25, 0.3) is 0 Å². The highest BCUT2D eigenvalue weighted by atomic mass is 16.5. The Morgan fingerprint density at radius 2 is 2.05 bits per heavy atom. The lowest BCUT2D eigenvalue weighted by Crippen LogP contribution is -2.18. The molecule has 0 atom stereocenters. The van der Waals surface area contributed by atoms with Gasteiger partial charge < -0.3 is 14.6 Å². The van der Waals surface area contributed by atoms with Gasteiger partial charge in [0.1, 0.15) is 0 Å². The van der Waals surface area contributed by atoms with Gasteiger partial charge in [0.15, 0.2) is 0 Å². The molecule has 0 saturated heterocycles. The molecule has 2 heterocycles. The van der Waals surface area contributed by atoms with E-state index >= 15 is 0 Å². The van der Waals surface area contributed by atoms with Crippen LogP contribution >= 0.6 is 0 Å². The van der Waals surface area contributed by atoms with Gasteiger partial charge in [-0.3, -0.25) is 0 Å². The molecule has 1 N–H and O–H groups in total. The Bertz CT molecular complexity index is 563. The maximum Gasteiger partial charge on any atom is 0.218 e. The first kappa shape index (κ1) is 15.5. The molecule has 0 aliphatic carbocycles. The van der Waals surface area contributed by atoms with Crippen LogP contribution in [0.3, 0.4) is 0 Å². The van der Waals surface area contributed by atoms with Crippen molar-refractivity contribution < 1.29 is 4.74 Å². The molecular weight excluding hydrogens is 264 g/mol. The van der Waals surface area contributed by atoms with Gasteiger partial charge in [0.2, 0.25) is 5.88 Å². The zero-order valence-electron chi connectivity index (χ0n) is 13.2. The molecule has 0 spiro atoms. The van der Waals surface area contributed by atoms with Crippen LogP contribution in [-0.4, -0.2) is 20.6 Å². The largest absolute Gasteiger partial charge is 0.475 e. The van der Waals surface area contributed by atoms with Crippen LogP contribution in [0.5, 0.6) is 5.88 Å². The van der Waals surface area contributed by atoms with E-state index in [1.807, 2.05) is 38.5 Å².